The number of fused-ring (bicyclic) bond motifs is 2. The summed E-state index contributed by atoms with van der Waals surface area (Å²) in [7, 11) is 1.37. The maximum atomic E-state index is 13.5. The molecule has 0 saturated heterocycles. The van der Waals surface area contributed by atoms with E-state index in [2.05, 4.69) is 33.1 Å². The fourth-order valence-corrected chi connectivity index (χ4v) is 9.27. The molecule has 0 bridgehead atoms. The number of carbonyl (C=O) groups is 3. The first-order valence-electron chi connectivity index (χ1n) is 20.2. The standard InChI is InChI=1S/C46H50N4O7S2/c1-46(2,3)57-42(52)32-19-23-34(24-20-32)55-27-8-7-11-30-17-21-33(22-18-30)56-28-10-16-39-40(43(53)54-4)48-45(59-39)50-26-25-31-12-9-13-35(36(31)29-50)41(51)49-44-47-37-14-5-6-15-38(37)58-44/h5-6,9,12-15,17-18,21-22,32,34H,8,10,16,19-20,23-29H2,1-4H3,(H,47,49,51). The zero-order valence-electron chi connectivity index (χ0n) is 34.0. The highest BCUT2D eigenvalue weighted by atomic mass is 32.1. The third-order valence-electron chi connectivity index (χ3n) is 10.3. The number of anilines is 2. The molecule has 7 rings (SSSR count). The van der Waals surface area contributed by atoms with Crippen molar-refractivity contribution in [2.75, 3.05) is 37.1 Å². The molecule has 13 heteroatoms. The first-order chi connectivity index (χ1) is 28.5. The minimum Gasteiger partial charge on any atom is -0.494 e. The molecule has 2 aromatic heterocycles. The van der Waals surface area contributed by atoms with Gasteiger partial charge in [0.2, 0.25) is 0 Å². The number of benzene rings is 3. The highest BCUT2D eigenvalue weighted by molar-refractivity contribution is 7.22. The van der Waals surface area contributed by atoms with E-state index in [1.807, 2.05) is 81.4 Å². The molecule has 2 aliphatic rings. The summed E-state index contributed by atoms with van der Waals surface area (Å²) in [6.07, 6.45) is 6.13. The summed E-state index contributed by atoms with van der Waals surface area (Å²) in [5.74, 6) is 6.34. The maximum absolute atomic E-state index is 13.5. The second kappa shape index (κ2) is 19.2. The molecular formula is C46H50N4O7S2. The van der Waals surface area contributed by atoms with Crippen LogP contribution in [0.1, 0.15) is 102 Å². The van der Waals surface area contributed by atoms with Gasteiger partial charge in [0, 0.05) is 35.5 Å². The Morgan fingerprint density at radius 3 is 2.49 bits per heavy atom. The Kier molecular flexibility index (Phi) is 13.6. The molecule has 1 saturated carbocycles. The third-order valence-corrected chi connectivity index (χ3v) is 12.4. The number of aromatic nitrogens is 2. The number of methoxy groups -OCH3 is 1. The lowest BCUT2D eigenvalue weighted by Gasteiger charge is -2.29. The Hall–Kier alpha value is -5.29. The predicted octanol–water partition coefficient (Wildman–Crippen LogP) is 9.02. The second-order valence-corrected chi connectivity index (χ2v) is 17.8. The van der Waals surface area contributed by atoms with Crippen LogP contribution >= 0.6 is 22.7 Å². The lowest BCUT2D eigenvalue weighted by atomic mass is 9.87. The molecule has 1 aliphatic carbocycles. The molecule has 1 fully saturated rings. The smallest absolute Gasteiger partial charge is 0.357 e. The first-order valence-corrected chi connectivity index (χ1v) is 21.8. The highest BCUT2D eigenvalue weighted by Crippen LogP contribution is 2.34. The van der Waals surface area contributed by atoms with Gasteiger partial charge in [0.1, 0.15) is 11.4 Å². The van der Waals surface area contributed by atoms with Crippen LogP contribution in [0.2, 0.25) is 0 Å². The molecule has 0 spiro atoms. The Morgan fingerprint density at radius 1 is 0.932 bits per heavy atom. The number of thiazole rings is 2. The van der Waals surface area contributed by atoms with Gasteiger partial charge in [-0.3, -0.25) is 14.9 Å². The lowest BCUT2D eigenvalue weighted by Crippen LogP contribution is -2.32. The number of rotatable bonds is 13. The zero-order valence-corrected chi connectivity index (χ0v) is 35.6. The number of carbonyl (C=O) groups excluding carboxylic acids is 3. The van der Waals surface area contributed by atoms with E-state index in [1.54, 1.807) is 0 Å². The minimum atomic E-state index is -0.470. The number of nitrogens with one attached hydrogen (secondary N) is 1. The fourth-order valence-electron chi connectivity index (χ4n) is 7.30. The van der Waals surface area contributed by atoms with Gasteiger partial charge in [-0.05, 0) is 119 Å². The van der Waals surface area contributed by atoms with Crippen molar-refractivity contribution in [1.82, 2.24) is 9.97 Å². The van der Waals surface area contributed by atoms with Crippen LogP contribution in [0, 0.1) is 17.8 Å². The van der Waals surface area contributed by atoms with Crippen molar-refractivity contribution < 1.29 is 33.3 Å². The van der Waals surface area contributed by atoms with E-state index in [1.165, 1.54) is 29.8 Å². The summed E-state index contributed by atoms with van der Waals surface area (Å²) in [6, 6.07) is 21.4. The monoisotopic (exact) mass is 834 g/mol. The Balaban J connectivity index is 0.872. The van der Waals surface area contributed by atoms with E-state index in [-0.39, 0.29) is 23.9 Å². The number of ether oxygens (including phenoxy) is 4. The van der Waals surface area contributed by atoms with E-state index < -0.39 is 11.6 Å². The number of hydrogen-bond donors (Lipinski definition) is 1. The summed E-state index contributed by atoms with van der Waals surface area (Å²) >= 11 is 2.93. The van der Waals surface area contributed by atoms with Gasteiger partial charge in [-0.15, -0.1) is 11.3 Å². The topological polar surface area (TPSA) is 129 Å². The number of nitrogens with zero attached hydrogens (tertiary/aromatic N) is 3. The molecule has 308 valence electrons. The van der Waals surface area contributed by atoms with E-state index in [0.29, 0.717) is 62.0 Å². The van der Waals surface area contributed by atoms with Gasteiger partial charge in [-0.1, -0.05) is 47.4 Å². The molecule has 0 unspecified atom stereocenters. The molecule has 0 radical (unpaired) electrons. The summed E-state index contributed by atoms with van der Waals surface area (Å²) in [6.45, 7) is 7.92. The lowest BCUT2D eigenvalue weighted by molar-refractivity contribution is -0.162. The summed E-state index contributed by atoms with van der Waals surface area (Å²) in [5.41, 5.74) is 4.29. The molecule has 0 atom stereocenters. The number of hydrogen-bond acceptors (Lipinski definition) is 12. The number of amides is 1. The zero-order chi connectivity index (χ0) is 41.4. The Labute approximate surface area is 353 Å². The minimum absolute atomic E-state index is 0.0347. The van der Waals surface area contributed by atoms with Crippen LogP contribution < -0.4 is 15.0 Å². The number of aryl methyl sites for hydroxylation is 1. The van der Waals surface area contributed by atoms with E-state index >= 15 is 0 Å². The molecule has 5 aromatic rings. The van der Waals surface area contributed by atoms with Crippen molar-refractivity contribution in [2.24, 2.45) is 5.92 Å². The Morgan fingerprint density at radius 2 is 1.73 bits per heavy atom. The molecular weight excluding hydrogens is 785 g/mol. The van der Waals surface area contributed by atoms with Crippen LogP contribution in [0.25, 0.3) is 10.2 Å². The largest absolute Gasteiger partial charge is 0.494 e. The van der Waals surface area contributed by atoms with Crippen molar-refractivity contribution in [2.45, 2.75) is 90.4 Å². The molecule has 1 aliphatic heterocycles. The van der Waals surface area contributed by atoms with E-state index in [4.69, 9.17) is 23.9 Å². The molecule has 11 nitrogen and oxygen atoms in total. The first kappa shape index (κ1) is 41.9. The van der Waals surface area contributed by atoms with Gasteiger partial charge >= 0.3 is 11.9 Å². The van der Waals surface area contributed by atoms with Crippen LogP contribution in [0.4, 0.5) is 10.3 Å². The van der Waals surface area contributed by atoms with Crippen LogP contribution in [-0.4, -0.2) is 66.4 Å². The fraction of sp³-hybridized carbons (Fsp3) is 0.413. The second-order valence-electron chi connectivity index (χ2n) is 15.7. The molecule has 1 amide bonds. The van der Waals surface area contributed by atoms with Crippen molar-refractivity contribution >= 4 is 61.0 Å². The quantitative estimate of drug-likeness (QED) is 0.0697. The predicted molar refractivity (Wildman–Crippen MR) is 232 cm³/mol. The third kappa shape index (κ3) is 11.1. The maximum Gasteiger partial charge on any atom is 0.357 e. The molecule has 3 aromatic carbocycles. The van der Waals surface area contributed by atoms with Crippen molar-refractivity contribution in [1.29, 1.82) is 0 Å². The average molecular weight is 835 g/mol. The molecule has 59 heavy (non-hydrogen) atoms. The van der Waals surface area contributed by atoms with Gasteiger partial charge in [0.15, 0.2) is 16.0 Å². The SMILES string of the molecule is COC(=O)c1nc(N2CCc3cccc(C(=O)Nc4nc5ccccc5s4)c3C2)sc1CCCOc1ccc(C#CCCOC2CCC(C(=O)OC(C)(C)C)CC2)cc1. The Bertz CT molecular complexity index is 2300. The van der Waals surface area contributed by atoms with E-state index in [9.17, 15) is 14.4 Å². The highest BCUT2D eigenvalue weighted by Gasteiger charge is 2.30. The summed E-state index contributed by atoms with van der Waals surface area (Å²) < 4.78 is 23.8. The van der Waals surface area contributed by atoms with Gasteiger partial charge < -0.3 is 23.8 Å². The van der Waals surface area contributed by atoms with Gasteiger partial charge in [-0.25, -0.2) is 14.8 Å². The van der Waals surface area contributed by atoms with Crippen LogP contribution in [0.3, 0.4) is 0 Å². The van der Waals surface area contributed by atoms with Crippen molar-refractivity contribution in [3.05, 3.63) is 99.6 Å². The van der Waals surface area contributed by atoms with Gasteiger partial charge in [-0.2, -0.15) is 0 Å². The van der Waals surface area contributed by atoms with Gasteiger partial charge in [0.25, 0.3) is 5.91 Å². The van der Waals surface area contributed by atoms with Crippen molar-refractivity contribution in [3.63, 3.8) is 0 Å². The molecule has 1 N–H and O–H groups in total. The number of para-hydroxylation sites is 1. The normalized spacial score (nSPS) is 16.4. The summed E-state index contributed by atoms with van der Waals surface area (Å²) in [5, 5.41) is 4.29. The number of esters is 2. The van der Waals surface area contributed by atoms with Crippen LogP contribution in [-0.2, 0) is 38.4 Å². The van der Waals surface area contributed by atoms with Gasteiger partial charge in [0.05, 0.1) is 42.6 Å². The van der Waals surface area contributed by atoms with Crippen LogP contribution in [0.15, 0.2) is 66.7 Å². The molecule has 3 heterocycles. The van der Waals surface area contributed by atoms with E-state index in [0.717, 1.165) is 74.8 Å². The summed E-state index contributed by atoms with van der Waals surface area (Å²) in [4.78, 5) is 51.0. The average Bonchev–Trinajstić information content (AvgIpc) is 3.85. The van der Waals surface area contributed by atoms with Crippen molar-refractivity contribution in [3.8, 4) is 17.6 Å². The van der Waals surface area contributed by atoms with Crippen LogP contribution in [0.5, 0.6) is 5.75 Å².